The molecule has 0 saturated heterocycles. The lowest BCUT2D eigenvalue weighted by Gasteiger charge is -2.21. The van der Waals surface area contributed by atoms with Crippen LogP contribution in [0.15, 0.2) is 61.2 Å². The maximum atomic E-state index is 4.64. The second kappa shape index (κ2) is 6.48. The minimum Gasteiger partial charge on any atom is -0.412 e. The largest absolute Gasteiger partial charge is 0.412 e. The monoisotopic (exact) mass is 359 g/mol. The minimum absolute atomic E-state index is 0. The topological polar surface area (TPSA) is 78.3 Å². The molecule has 6 nitrogen and oxygen atoms in total. The van der Waals surface area contributed by atoms with Crippen molar-refractivity contribution in [1.82, 2.24) is 19.5 Å². The highest BCUT2D eigenvalue weighted by molar-refractivity contribution is 5.78. The first-order valence-corrected chi connectivity index (χ1v) is 8.83. The Morgan fingerprint density at radius 2 is 1.67 bits per heavy atom. The van der Waals surface area contributed by atoms with Gasteiger partial charge >= 0.3 is 0 Å². The number of hydrogen-bond acceptors (Lipinski definition) is 4. The van der Waals surface area contributed by atoms with Gasteiger partial charge in [0.2, 0.25) is 0 Å². The Morgan fingerprint density at radius 3 is 2.56 bits per heavy atom. The summed E-state index contributed by atoms with van der Waals surface area (Å²) >= 11 is 0. The lowest BCUT2D eigenvalue weighted by Crippen LogP contribution is -2.15. The Kier molecular flexibility index (Phi) is 4.12. The molecule has 2 aromatic carbocycles. The number of benzene rings is 2. The molecule has 0 unspecified atom stereocenters. The van der Waals surface area contributed by atoms with Crippen LogP contribution in [0.2, 0.25) is 0 Å². The van der Waals surface area contributed by atoms with Crippen LogP contribution in [0.25, 0.3) is 16.9 Å². The number of nitrogens with zero attached hydrogens (tertiary/aromatic N) is 5. The first kappa shape index (κ1) is 17.2. The molecule has 27 heavy (non-hydrogen) atoms. The number of para-hydroxylation sites is 3. The number of hydrogen-bond donors (Lipinski definition) is 0. The van der Waals surface area contributed by atoms with E-state index in [4.69, 9.17) is 0 Å². The van der Waals surface area contributed by atoms with Crippen molar-refractivity contribution in [3.8, 4) is 5.82 Å². The lowest BCUT2D eigenvalue weighted by molar-refractivity contribution is 0.756. The summed E-state index contributed by atoms with van der Waals surface area (Å²) in [6.45, 7) is 2.27. The van der Waals surface area contributed by atoms with E-state index in [1.54, 1.807) is 6.33 Å². The average molecular weight is 359 g/mol. The molecule has 0 radical (unpaired) electrons. The van der Waals surface area contributed by atoms with E-state index in [9.17, 15) is 0 Å². The Morgan fingerprint density at radius 1 is 0.926 bits per heavy atom. The van der Waals surface area contributed by atoms with Crippen LogP contribution >= 0.6 is 0 Å². The minimum atomic E-state index is 0. The Hall–Kier alpha value is -3.25. The summed E-state index contributed by atoms with van der Waals surface area (Å²) in [7, 11) is 2.08. The van der Waals surface area contributed by atoms with Gasteiger partial charge in [0.25, 0.3) is 0 Å². The summed E-state index contributed by atoms with van der Waals surface area (Å²) in [5.74, 6) is 2.26. The van der Waals surface area contributed by atoms with E-state index in [1.807, 2.05) is 24.5 Å². The smallest absolute Gasteiger partial charge is 0.147 e. The molecule has 2 N–H and O–H groups in total. The molecule has 136 valence electrons. The number of fused-ring (bicyclic) bond motifs is 3. The van der Waals surface area contributed by atoms with Gasteiger partial charge in [0.1, 0.15) is 24.3 Å². The van der Waals surface area contributed by atoms with Crippen LogP contribution in [0.3, 0.4) is 0 Å². The summed E-state index contributed by atoms with van der Waals surface area (Å²) in [6, 6.07) is 16.7. The third-order valence-electron chi connectivity index (χ3n) is 5.24. The zero-order chi connectivity index (χ0) is 17.7. The molecule has 4 aromatic rings. The number of imidazole rings is 1. The maximum absolute atomic E-state index is 4.64. The summed E-state index contributed by atoms with van der Waals surface area (Å²) in [5.41, 5.74) is 5.74. The summed E-state index contributed by atoms with van der Waals surface area (Å²) in [4.78, 5) is 16.0. The molecular weight excluding hydrogens is 338 g/mol. The second-order valence-electron chi connectivity index (χ2n) is 6.83. The molecule has 2 aromatic heterocycles. The first-order chi connectivity index (χ1) is 12.7. The highest BCUT2D eigenvalue weighted by Gasteiger charge is 2.26. The van der Waals surface area contributed by atoms with Crippen molar-refractivity contribution in [3.05, 3.63) is 72.3 Å². The standard InChI is InChI=1S/C21H19N5.H2O/c1-14-11-16-20(25(2)18-9-5-3-7-15(14)18)22-12-23-21(16)26-13-24-17-8-4-6-10-19(17)26;/h3-10,12-14H,11H2,1-2H3;1H2/t14-;/m0./s1. The molecule has 0 aliphatic carbocycles. The van der Waals surface area contributed by atoms with Gasteiger partial charge in [-0.3, -0.25) is 4.57 Å². The van der Waals surface area contributed by atoms with Gasteiger partial charge < -0.3 is 10.4 Å². The van der Waals surface area contributed by atoms with Crippen LogP contribution in [0.5, 0.6) is 0 Å². The SMILES string of the molecule is C[C@H]1Cc2c(ncnc2-n2cnc3ccccc32)N(C)c2ccccc21.O. The van der Waals surface area contributed by atoms with E-state index in [0.29, 0.717) is 5.92 Å². The van der Waals surface area contributed by atoms with Crippen LogP contribution in [-0.2, 0) is 6.42 Å². The molecule has 5 rings (SSSR count). The fraction of sp³-hybridized carbons (Fsp3) is 0.190. The van der Waals surface area contributed by atoms with Crippen LogP contribution in [-0.4, -0.2) is 32.0 Å². The molecule has 1 aliphatic heterocycles. The van der Waals surface area contributed by atoms with Gasteiger partial charge in [-0.25, -0.2) is 15.0 Å². The fourth-order valence-electron chi connectivity index (χ4n) is 3.94. The fourth-order valence-corrected chi connectivity index (χ4v) is 3.94. The molecule has 0 saturated carbocycles. The molecule has 0 bridgehead atoms. The zero-order valence-electron chi connectivity index (χ0n) is 15.3. The van der Waals surface area contributed by atoms with E-state index >= 15 is 0 Å². The molecule has 0 fully saturated rings. The summed E-state index contributed by atoms with van der Waals surface area (Å²) < 4.78 is 2.08. The van der Waals surface area contributed by atoms with Crippen molar-refractivity contribution < 1.29 is 5.48 Å². The van der Waals surface area contributed by atoms with E-state index in [2.05, 4.69) is 68.7 Å². The van der Waals surface area contributed by atoms with Crippen molar-refractivity contribution in [3.63, 3.8) is 0 Å². The van der Waals surface area contributed by atoms with Gasteiger partial charge in [-0.05, 0) is 36.1 Å². The highest BCUT2D eigenvalue weighted by Crippen LogP contribution is 2.40. The van der Waals surface area contributed by atoms with Crippen molar-refractivity contribution in [2.24, 2.45) is 0 Å². The summed E-state index contributed by atoms with van der Waals surface area (Å²) in [6.07, 6.45) is 4.40. The number of rotatable bonds is 1. The Labute approximate surface area is 157 Å². The van der Waals surface area contributed by atoms with Gasteiger partial charge in [-0.1, -0.05) is 37.3 Å². The molecule has 0 spiro atoms. The first-order valence-electron chi connectivity index (χ1n) is 8.83. The van der Waals surface area contributed by atoms with E-state index in [-0.39, 0.29) is 5.48 Å². The molecule has 6 heteroatoms. The number of aromatic nitrogens is 4. The molecule has 1 atom stereocenters. The average Bonchev–Trinajstić information content (AvgIpc) is 3.07. The van der Waals surface area contributed by atoms with Crippen LogP contribution in [0.1, 0.15) is 24.0 Å². The van der Waals surface area contributed by atoms with Crippen molar-refractivity contribution in [2.45, 2.75) is 19.3 Å². The lowest BCUT2D eigenvalue weighted by atomic mass is 9.94. The van der Waals surface area contributed by atoms with Crippen molar-refractivity contribution in [1.29, 1.82) is 0 Å². The van der Waals surface area contributed by atoms with Crippen molar-refractivity contribution >= 4 is 22.5 Å². The number of anilines is 2. The van der Waals surface area contributed by atoms with Crippen molar-refractivity contribution in [2.75, 3.05) is 11.9 Å². The van der Waals surface area contributed by atoms with Gasteiger partial charge in [-0.2, -0.15) is 0 Å². The van der Waals surface area contributed by atoms with Crippen LogP contribution in [0.4, 0.5) is 11.5 Å². The maximum Gasteiger partial charge on any atom is 0.147 e. The molecule has 3 heterocycles. The Bertz CT molecular complexity index is 1120. The highest BCUT2D eigenvalue weighted by atomic mass is 16.0. The predicted octanol–water partition coefficient (Wildman–Crippen LogP) is 3.42. The molecular formula is C21H21N5O. The van der Waals surface area contributed by atoms with E-state index < -0.39 is 0 Å². The molecule has 0 amide bonds. The van der Waals surface area contributed by atoms with Gasteiger partial charge in [0.05, 0.1) is 11.0 Å². The third-order valence-corrected chi connectivity index (χ3v) is 5.24. The Balaban J connectivity index is 0.00000180. The van der Waals surface area contributed by atoms with E-state index in [0.717, 1.165) is 34.7 Å². The van der Waals surface area contributed by atoms with Crippen LogP contribution in [0, 0.1) is 0 Å². The predicted molar refractivity (Wildman–Crippen MR) is 107 cm³/mol. The molecule has 1 aliphatic rings. The van der Waals surface area contributed by atoms with E-state index in [1.165, 1.54) is 11.3 Å². The zero-order valence-corrected chi connectivity index (χ0v) is 15.3. The van der Waals surface area contributed by atoms with Gasteiger partial charge in [0, 0.05) is 18.3 Å². The van der Waals surface area contributed by atoms with Gasteiger partial charge in [-0.15, -0.1) is 0 Å². The van der Waals surface area contributed by atoms with Gasteiger partial charge in [0.15, 0.2) is 0 Å². The quantitative estimate of drug-likeness (QED) is 0.522. The second-order valence-corrected chi connectivity index (χ2v) is 6.83. The third kappa shape index (κ3) is 2.57. The summed E-state index contributed by atoms with van der Waals surface area (Å²) in [5, 5.41) is 0. The normalized spacial score (nSPS) is 15.6. The van der Waals surface area contributed by atoms with Crippen LogP contribution < -0.4 is 4.90 Å².